The molecule has 0 saturated heterocycles. The van der Waals surface area contributed by atoms with Crippen LogP contribution in [0, 0.1) is 6.92 Å². The van der Waals surface area contributed by atoms with Crippen LogP contribution >= 0.6 is 15.9 Å². The van der Waals surface area contributed by atoms with E-state index in [9.17, 15) is 0 Å². The maximum absolute atomic E-state index is 3.66. The van der Waals surface area contributed by atoms with Gasteiger partial charge in [-0.2, -0.15) is 0 Å². The van der Waals surface area contributed by atoms with Crippen molar-refractivity contribution in [1.82, 2.24) is 10.3 Å². The first-order chi connectivity index (χ1) is 7.15. The molecular weight excluding hydrogens is 252 g/mol. The van der Waals surface area contributed by atoms with E-state index >= 15 is 0 Å². The quantitative estimate of drug-likeness (QED) is 0.856. The summed E-state index contributed by atoms with van der Waals surface area (Å²) in [6.07, 6.45) is 0. The second kappa shape index (κ2) is 3.99. The van der Waals surface area contributed by atoms with E-state index < -0.39 is 0 Å². The topological polar surface area (TPSA) is 27.8 Å². The van der Waals surface area contributed by atoms with Gasteiger partial charge in [0, 0.05) is 27.1 Å². The van der Waals surface area contributed by atoms with Gasteiger partial charge in [-0.15, -0.1) is 0 Å². The van der Waals surface area contributed by atoms with Gasteiger partial charge in [-0.3, -0.25) is 0 Å². The zero-order valence-electron chi connectivity index (χ0n) is 9.19. The van der Waals surface area contributed by atoms with E-state index in [4.69, 9.17) is 0 Å². The Hall–Kier alpha value is -0.800. The minimum absolute atomic E-state index is 0.325. The Labute approximate surface area is 98.2 Å². The summed E-state index contributed by atoms with van der Waals surface area (Å²) in [5.74, 6) is 0. The Bertz CT molecular complexity index is 488. The highest BCUT2D eigenvalue weighted by Crippen LogP contribution is 2.32. The minimum Gasteiger partial charge on any atom is -0.356 e. The maximum Gasteiger partial charge on any atom is 0.0497 e. The minimum atomic E-state index is 0.325. The second-order valence-corrected chi connectivity index (χ2v) is 4.65. The lowest BCUT2D eigenvalue weighted by Crippen LogP contribution is -2.12. The number of hydrogen-bond acceptors (Lipinski definition) is 1. The molecule has 2 nitrogen and oxygen atoms in total. The molecule has 0 bridgehead atoms. The fraction of sp³-hybridized carbons (Fsp3) is 0.333. The molecule has 0 radical (unpaired) electrons. The van der Waals surface area contributed by atoms with Gasteiger partial charge in [0.05, 0.1) is 0 Å². The summed E-state index contributed by atoms with van der Waals surface area (Å²) < 4.78 is 1.17. The molecule has 0 spiro atoms. The van der Waals surface area contributed by atoms with E-state index in [0.29, 0.717) is 6.04 Å². The fourth-order valence-electron chi connectivity index (χ4n) is 1.79. The van der Waals surface area contributed by atoms with Gasteiger partial charge in [-0.1, -0.05) is 18.2 Å². The predicted molar refractivity (Wildman–Crippen MR) is 68.2 cm³/mol. The van der Waals surface area contributed by atoms with Crippen molar-refractivity contribution in [2.45, 2.75) is 19.9 Å². The summed E-state index contributed by atoms with van der Waals surface area (Å²) in [7, 11) is 1.97. The lowest BCUT2D eigenvalue weighted by Gasteiger charge is -2.08. The summed E-state index contributed by atoms with van der Waals surface area (Å²) in [5.41, 5.74) is 3.71. The van der Waals surface area contributed by atoms with Crippen molar-refractivity contribution in [2.24, 2.45) is 0 Å². The Morgan fingerprint density at radius 1 is 1.40 bits per heavy atom. The van der Waals surface area contributed by atoms with Crippen molar-refractivity contribution < 1.29 is 0 Å². The van der Waals surface area contributed by atoms with Crippen molar-refractivity contribution in [3.63, 3.8) is 0 Å². The summed E-state index contributed by atoms with van der Waals surface area (Å²) in [4.78, 5) is 3.47. The zero-order chi connectivity index (χ0) is 11.0. The highest BCUT2D eigenvalue weighted by Gasteiger charge is 2.14. The van der Waals surface area contributed by atoms with E-state index in [1.54, 1.807) is 0 Å². The molecule has 0 aliphatic heterocycles. The molecule has 1 heterocycles. The van der Waals surface area contributed by atoms with Crippen molar-refractivity contribution in [2.75, 3.05) is 7.05 Å². The number of benzene rings is 1. The normalized spacial score (nSPS) is 13.3. The van der Waals surface area contributed by atoms with Gasteiger partial charge < -0.3 is 10.3 Å². The maximum atomic E-state index is 3.66. The van der Waals surface area contributed by atoms with Crippen LogP contribution < -0.4 is 5.32 Å². The Balaban J connectivity index is 2.69. The van der Waals surface area contributed by atoms with Crippen molar-refractivity contribution in [3.05, 3.63) is 33.9 Å². The summed E-state index contributed by atoms with van der Waals surface area (Å²) in [6, 6.07) is 6.67. The van der Waals surface area contributed by atoms with Gasteiger partial charge in [-0.05, 0) is 42.4 Å². The average molecular weight is 267 g/mol. The predicted octanol–water partition coefficient (Wildman–Crippen LogP) is 3.52. The van der Waals surface area contributed by atoms with Crippen molar-refractivity contribution >= 4 is 26.8 Å². The number of halogens is 1. The standard InChI is InChI=1S/C12H15BrN2/c1-7-5-4-6-9-10(13)12(8(2)14-3)15-11(7)9/h4-6,8,14-15H,1-3H3. The van der Waals surface area contributed by atoms with Gasteiger partial charge in [0.15, 0.2) is 0 Å². The number of rotatable bonds is 2. The molecule has 2 aromatic rings. The molecule has 3 heteroatoms. The van der Waals surface area contributed by atoms with Gasteiger partial charge >= 0.3 is 0 Å². The lowest BCUT2D eigenvalue weighted by molar-refractivity contribution is 0.635. The largest absolute Gasteiger partial charge is 0.356 e. The molecule has 80 valence electrons. The van der Waals surface area contributed by atoms with Crippen molar-refractivity contribution in [3.8, 4) is 0 Å². The fourth-order valence-corrected chi connectivity index (χ4v) is 2.57. The third-order valence-electron chi connectivity index (χ3n) is 2.87. The van der Waals surface area contributed by atoms with Crippen LogP contribution in [-0.2, 0) is 0 Å². The SMILES string of the molecule is CNC(C)c1[nH]c2c(C)cccc2c1Br. The number of H-pyrrole nitrogens is 1. The molecule has 1 unspecified atom stereocenters. The zero-order valence-corrected chi connectivity index (χ0v) is 10.8. The van der Waals surface area contributed by atoms with Gasteiger partial charge in [0.25, 0.3) is 0 Å². The number of hydrogen-bond donors (Lipinski definition) is 2. The molecule has 2 N–H and O–H groups in total. The smallest absolute Gasteiger partial charge is 0.0497 e. The molecule has 1 aromatic carbocycles. The molecule has 2 rings (SSSR count). The molecule has 1 aromatic heterocycles. The van der Waals surface area contributed by atoms with E-state index in [1.807, 2.05) is 7.05 Å². The number of fused-ring (bicyclic) bond motifs is 1. The number of aryl methyl sites for hydroxylation is 1. The van der Waals surface area contributed by atoms with E-state index in [0.717, 1.165) is 0 Å². The Kier molecular flexibility index (Phi) is 2.85. The molecule has 1 atom stereocenters. The molecule has 0 fully saturated rings. The summed E-state index contributed by atoms with van der Waals surface area (Å²) >= 11 is 3.66. The second-order valence-electron chi connectivity index (χ2n) is 3.86. The molecule has 0 aliphatic carbocycles. The molecule has 0 aliphatic rings. The van der Waals surface area contributed by atoms with Crippen LogP contribution in [-0.4, -0.2) is 12.0 Å². The average Bonchev–Trinajstić information content (AvgIpc) is 2.57. The summed E-state index contributed by atoms with van der Waals surface area (Å²) in [5, 5.41) is 4.50. The highest BCUT2D eigenvalue weighted by molar-refractivity contribution is 9.10. The Morgan fingerprint density at radius 2 is 2.13 bits per heavy atom. The first-order valence-electron chi connectivity index (χ1n) is 5.09. The van der Waals surface area contributed by atoms with Crippen LogP contribution in [0.2, 0.25) is 0 Å². The van der Waals surface area contributed by atoms with Gasteiger partial charge in [0.1, 0.15) is 0 Å². The van der Waals surface area contributed by atoms with E-state index in [-0.39, 0.29) is 0 Å². The highest BCUT2D eigenvalue weighted by atomic mass is 79.9. The third-order valence-corrected chi connectivity index (χ3v) is 3.73. The van der Waals surface area contributed by atoms with Crippen LogP contribution in [0.5, 0.6) is 0 Å². The van der Waals surface area contributed by atoms with Crippen LogP contribution in [0.15, 0.2) is 22.7 Å². The van der Waals surface area contributed by atoms with E-state index in [2.05, 4.69) is 58.3 Å². The molecular formula is C12H15BrN2. The molecule has 0 amide bonds. The monoisotopic (exact) mass is 266 g/mol. The van der Waals surface area contributed by atoms with Crippen LogP contribution in [0.25, 0.3) is 10.9 Å². The van der Waals surface area contributed by atoms with Crippen LogP contribution in [0.3, 0.4) is 0 Å². The van der Waals surface area contributed by atoms with Crippen molar-refractivity contribution in [1.29, 1.82) is 0 Å². The molecule has 15 heavy (non-hydrogen) atoms. The van der Waals surface area contributed by atoms with Crippen LogP contribution in [0.4, 0.5) is 0 Å². The first-order valence-corrected chi connectivity index (χ1v) is 5.88. The number of aromatic nitrogens is 1. The third kappa shape index (κ3) is 1.70. The Morgan fingerprint density at radius 3 is 2.73 bits per heavy atom. The lowest BCUT2D eigenvalue weighted by atomic mass is 10.1. The summed E-state index contributed by atoms with van der Waals surface area (Å²) in [6.45, 7) is 4.27. The van der Waals surface area contributed by atoms with Crippen LogP contribution in [0.1, 0.15) is 24.2 Å². The number of para-hydroxylation sites is 1. The number of nitrogens with one attached hydrogen (secondary N) is 2. The number of aromatic amines is 1. The van der Waals surface area contributed by atoms with Gasteiger partial charge in [0.2, 0.25) is 0 Å². The first kappa shape index (κ1) is 10.7. The van der Waals surface area contributed by atoms with Gasteiger partial charge in [-0.25, -0.2) is 0 Å². The van der Waals surface area contributed by atoms with E-state index in [1.165, 1.54) is 26.6 Å². The molecule has 0 saturated carbocycles.